The molecule has 3 heteroatoms. The van der Waals surface area contributed by atoms with Gasteiger partial charge in [-0.2, -0.15) is 5.26 Å². The van der Waals surface area contributed by atoms with Crippen molar-refractivity contribution in [2.75, 3.05) is 0 Å². The van der Waals surface area contributed by atoms with Gasteiger partial charge in [0.1, 0.15) is 11.9 Å². The van der Waals surface area contributed by atoms with Crippen LogP contribution in [0.15, 0.2) is 11.6 Å². The van der Waals surface area contributed by atoms with Crippen LogP contribution in [0.2, 0.25) is 0 Å². The first-order chi connectivity index (χ1) is 7.46. The second-order valence-electron chi connectivity index (χ2n) is 5.29. The van der Waals surface area contributed by atoms with E-state index in [1.54, 1.807) is 6.08 Å². The zero-order chi connectivity index (χ0) is 11.9. The molecule has 0 aromatic carbocycles. The highest BCUT2D eigenvalue weighted by atomic mass is 16.1. The Hall–Kier alpha value is -1.43. The van der Waals surface area contributed by atoms with Crippen LogP contribution in [0.25, 0.3) is 0 Å². The summed E-state index contributed by atoms with van der Waals surface area (Å²) >= 11 is 0. The maximum absolute atomic E-state index is 12.0. The summed E-state index contributed by atoms with van der Waals surface area (Å²) in [6.07, 6.45) is 3.56. The molecule has 0 N–H and O–H groups in total. The van der Waals surface area contributed by atoms with Gasteiger partial charge in [-0.15, -0.1) is 0 Å². The Morgan fingerprint density at radius 1 is 1.44 bits per heavy atom. The molecule has 2 rings (SSSR count). The molecule has 0 aromatic rings. The molecule has 3 nitrogen and oxygen atoms in total. The molecule has 1 fully saturated rings. The number of nitriles is 1. The summed E-state index contributed by atoms with van der Waals surface area (Å²) in [5.41, 5.74) is -0.258. The molecule has 2 aliphatic rings. The van der Waals surface area contributed by atoms with Crippen molar-refractivity contribution in [2.45, 2.75) is 33.1 Å². The molecule has 0 heterocycles. The van der Waals surface area contributed by atoms with Gasteiger partial charge in [-0.05, 0) is 18.3 Å². The molecule has 0 spiro atoms. The summed E-state index contributed by atoms with van der Waals surface area (Å²) in [6.45, 7) is 3.79. The minimum absolute atomic E-state index is 0.0643. The van der Waals surface area contributed by atoms with Crippen molar-refractivity contribution in [3.05, 3.63) is 11.6 Å². The molecule has 2 atom stereocenters. The lowest BCUT2D eigenvalue weighted by Crippen LogP contribution is -2.44. The third-order valence-corrected chi connectivity index (χ3v) is 3.97. The van der Waals surface area contributed by atoms with Crippen LogP contribution < -0.4 is 0 Å². The molecule has 1 saturated carbocycles. The SMILES string of the molecule is CC1(C)C(=O)C(C#N)=CC2CC(=O)CCC21. The second kappa shape index (κ2) is 3.55. The molecule has 84 valence electrons. The average Bonchev–Trinajstić information content (AvgIpc) is 2.23. The van der Waals surface area contributed by atoms with Gasteiger partial charge in [-0.3, -0.25) is 9.59 Å². The topological polar surface area (TPSA) is 57.9 Å². The number of ketones is 2. The maximum Gasteiger partial charge on any atom is 0.178 e. The standard InChI is InChI=1S/C13H15NO2/c1-13(2)11-4-3-10(15)6-8(11)5-9(7-14)12(13)16/h5,8,11H,3-4,6H2,1-2H3. The van der Waals surface area contributed by atoms with Gasteiger partial charge in [0.15, 0.2) is 5.78 Å². The number of rotatable bonds is 0. The first-order valence-electron chi connectivity index (χ1n) is 5.65. The third-order valence-electron chi connectivity index (χ3n) is 3.97. The van der Waals surface area contributed by atoms with Crippen molar-refractivity contribution in [1.29, 1.82) is 5.26 Å². The highest BCUT2D eigenvalue weighted by molar-refractivity contribution is 6.04. The van der Waals surface area contributed by atoms with E-state index in [-0.39, 0.29) is 29.0 Å². The van der Waals surface area contributed by atoms with E-state index in [4.69, 9.17) is 5.26 Å². The number of carbonyl (C=O) groups excluding carboxylic acids is 2. The van der Waals surface area contributed by atoms with Crippen molar-refractivity contribution in [2.24, 2.45) is 17.3 Å². The zero-order valence-electron chi connectivity index (χ0n) is 9.62. The molecule has 0 radical (unpaired) electrons. The van der Waals surface area contributed by atoms with E-state index < -0.39 is 5.41 Å². The van der Waals surface area contributed by atoms with Gasteiger partial charge in [-0.1, -0.05) is 19.9 Å². The summed E-state index contributed by atoms with van der Waals surface area (Å²) in [4.78, 5) is 23.4. The lowest BCUT2D eigenvalue weighted by Gasteiger charge is -2.42. The van der Waals surface area contributed by atoms with Gasteiger partial charge >= 0.3 is 0 Å². The first kappa shape index (κ1) is 11.1. The van der Waals surface area contributed by atoms with Gasteiger partial charge in [-0.25, -0.2) is 0 Å². The van der Waals surface area contributed by atoms with Crippen LogP contribution in [0.5, 0.6) is 0 Å². The number of Topliss-reactive ketones (excluding diaryl/α,β-unsaturated/α-hetero) is 2. The quantitative estimate of drug-likeness (QED) is 0.623. The predicted molar refractivity (Wildman–Crippen MR) is 58.3 cm³/mol. The summed E-state index contributed by atoms with van der Waals surface area (Å²) in [5.74, 6) is 0.490. The maximum atomic E-state index is 12.0. The van der Waals surface area contributed by atoms with E-state index in [0.717, 1.165) is 6.42 Å². The molecule has 2 unspecified atom stereocenters. The van der Waals surface area contributed by atoms with Gasteiger partial charge < -0.3 is 0 Å². The molecular weight excluding hydrogens is 202 g/mol. The highest BCUT2D eigenvalue weighted by Crippen LogP contribution is 2.46. The fourth-order valence-electron chi connectivity index (χ4n) is 3.00. The number of hydrogen-bond acceptors (Lipinski definition) is 3. The Labute approximate surface area is 95.1 Å². The van der Waals surface area contributed by atoms with Crippen LogP contribution >= 0.6 is 0 Å². The summed E-state index contributed by atoms with van der Waals surface area (Å²) < 4.78 is 0. The zero-order valence-corrected chi connectivity index (χ0v) is 9.62. The van der Waals surface area contributed by atoms with Crippen LogP contribution in [0.4, 0.5) is 0 Å². The summed E-state index contributed by atoms with van der Waals surface area (Å²) in [5, 5.41) is 8.93. The van der Waals surface area contributed by atoms with E-state index >= 15 is 0 Å². The van der Waals surface area contributed by atoms with Crippen molar-refractivity contribution in [3.63, 3.8) is 0 Å². The molecular formula is C13H15NO2. The van der Waals surface area contributed by atoms with Crippen LogP contribution in [0.1, 0.15) is 33.1 Å². The Morgan fingerprint density at radius 3 is 2.75 bits per heavy atom. The highest BCUT2D eigenvalue weighted by Gasteiger charge is 2.47. The number of hydrogen-bond donors (Lipinski definition) is 0. The van der Waals surface area contributed by atoms with E-state index in [0.29, 0.717) is 12.8 Å². The molecule has 0 saturated heterocycles. The summed E-state index contributed by atoms with van der Waals surface area (Å²) in [6, 6.07) is 1.96. The van der Waals surface area contributed by atoms with Crippen LogP contribution in [-0.2, 0) is 9.59 Å². The van der Waals surface area contributed by atoms with Crippen molar-refractivity contribution >= 4 is 11.6 Å². The molecule has 0 amide bonds. The number of nitrogens with zero attached hydrogens (tertiary/aromatic N) is 1. The first-order valence-corrected chi connectivity index (χ1v) is 5.65. The average molecular weight is 217 g/mol. The van der Waals surface area contributed by atoms with Gasteiger partial charge in [0.25, 0.3) is 0 Å². The number of allylic oxidation sites excluding steroid dienone is 2. The lowest BCUT2D eigenvalue weighted by atomic mass is 9.59. The van der Waals surface area contributed by atoms with Crippen LogP contribution in [0, 0.1) is 28.6 Å². The molecule has 16 heavy (non-hydrogen) atoms. The normalized spacial score (nSPS) is 32.7. The van der Waals surface area contributed by atoms with Crippen molar-refractivity contribution in [3.8, 4) is 6.07 Å². The monoisotopic (exact) mass is 217 g/mol. The van der Waals surface area contributed by atoms with Crippen molar-refractivity contribution in [1.82, 2.24) is 0 Å². The Bertz CT molecular complexity index is 426. The smallest absolute Gasteiger partial charge is 0.178 e. The second-order valence-corrected chi connectivity index (χ2v) is 5.29. The fourth-order valence-corrected chi connectivity index (χ4v) is 3.00. The van der Waals surface area contributed by atoms with Crippen LogP contribution in [0.3, 0.4) is 0 Å². The third kappa shape index (κ3) is 1.49. The molecule has 0 aliphatic heterocycles. The number of carbonyl (C=O) groups is 2. The van der Waals surface area contributed by atoms with E-state index in [9.17, 15) is 9.59 Å². The Kier molecular flexibility index (Phi) is 2.46. The van der Waals surface area contributed by atoms with E-state index in [2.05, 4.69) is 0 Å². The van der Waals surface area contributed by atoms with Gasteiger partial charge in [0.05, 0.1) is 5.57 Å². The van der Waals surface area contributed by atoms with Crippen molar-refractivity contribution < 1.29 is 9.59 Å². The van der Waals surface area contributed by atoms with E-state index in [1.165, 1.54) is 0 Å². The molecule has 0 aromatic heterocycles. The number of fused-ring (bicyclic) bond motifs is 1. The van der Waals surface area contributed by atoms with Gasteiger partial charge in [0, 0.05) is 18.3 Å². The predicted octanol–water partition coefficient (Wildman–Crippen LogP) is 2.03. The van der Waals surface area contributed by atoms with Gasteiger partial charge in [0.2, 0.25) is 0 Å². The fraction of sp³-hybridized carbons (Fsp3) is 0.615. The minimum Gasteiger partial charge on any atom is -0.300 e. The minimum atomic E-state index is -0.495. The molecule has 2 aliphatic carbocycles. The van der Waals surface area contributed by atoms with Crippen LogP contribution in [-0.4, -0.2) is 11.6 Å². The lowest BCUT2D eigenvalue weighted by molar-refractivity contribution is -0.132. The largest absolute Gasteiger partial charge is 0.300 e. The Morgan fingerprint density at radius 2 is 2.12 bits per heavy atom. The Balaban J connectivity index is 2.43. The summed E-state index contributed by atoms with van der Waals surface area (Å²) in [7, 11) is 0. The van der Waals surface area contributed by atoms with E-state index in [1.807, 2.05) is 19.9 Å². The molecule has 0 bridgehead atoms.